The van der Waals surface area contributed by atoms with Crippen LogP contribution in [0.15, 0.2) is 21.3 Å². The van der Waals surface area contributed by atoms with Crippen molar-refractivity contribution in [2.24, 2.45) is 11.8 Å². The predicted molar refractivity (Wildman–Crippen MR) is 100 cm³/mol. The van der Waals surface area contributed by atoms with Gasteiger partial charge in [0.2, 0.25) is 0 Å². The zero-order valence-corrected chi connectivity index (χ0v) is 15.8. The second-order valence-electron chi connectivity index (χ2n) is 8.26. The van der Waals surface area contributed by atoms with Crippen LogP contribution < -0.4 is 10.5 Å². The topological polar surface area (TPSA) is 54.9 Å². The molecule has 1 aromatic heterocycles. The zero-order valence-electron chi connectivity index (χ0n) is 15.8. The third kappa shape index (κ3) is 3.74. The van der Waals surface area contributed by atoms with Crippen molar-refractivity contribution >= 4 is 11.0 Å². The molecule has 0 spiro atoms. The van der Waals surface area contributed by atoms with E-state index in [4.69, 9.17) is 4.42 Å². The van der Waals surface area contributed by atoms with Crippen LogP contribution in [0.25, 0.3) is 11.0 Å². The van der Waals surface area contributed by atoms with Crippen molar-refractivity contribution in [1.29, 1.82) is 0 Å². The lowest BCUT2D eigenvalue weighted by molar-refractivity contribution is -0.919. The van der Waals surface area contributed by atoms with E-state index in [0.29, 0.717) is 24.0 Å². The molecule has 25 heavy (non-hydrogen) atoms. The zero-order chi connectivity index (χ0) is 18.1. The number of hydrogen-bond donors (Lipinski definition) is 2. The van der Waals surface area contributed by atoms with Gasteiger partial charge in [-0.05, 0) is 37.0 Å². The summed E-state index contributed by atoms with van der Waals surface area (Å²) in [5, 5.41) is 11.5. The van der Waals surface area contributed by atoms with Crippen molar-refractivity contribution in [1.82, 2.24) is 0 Å². The van der Waals surface area contributed by atoms with Crippen LogP contribution in [0.3, 0.4) is 0 Å². The Morgan fingerprint density at radius 2 is 1.72 bits per heavy atom. The Morgan fingerprint density at radius 3 is 2.36 bits per heavy atom. The first-order valence-corrected chi connectivity index (χ1v) is 9.49. The van der Waals surface area contributed by atoms with Crippen LogP contribution in [0.2, 0.25) is 0 Å². The van der Waals surface area contributed by atoms with Crippen molar-refractivity contribution in [2.75, 3.05) is 13.1 Å². The number of benzene rings is 1. The monoisotopic (exact) mass is 344 g/mol. The fourth-order valence-electron chi connectivity index (χ4n) is 4.20. The molecule has 4 nitrogen and oxygen atoms in total. The molecule has 1 aliphatic carbocycles. The van der Waals surface area contributed by atoms with Crippen LogP contribution in [-0.2, 0) is 19.4 Å². The number of rotatable bonds is 6. The number of hydrogen-bond acceptors (Lipinski definition) is 3. The van der Waals surface area contributed by atoms with Crippen molar-refractivity contribution in [3.05, 3.63) is 39.2 Å². The number of quaternary nitrogens is 1. The number of nitrogens with one attached hydrogen (secondary N) is 1. The molecule has 0 bridgehead atoms. The maximum absolute atomic E-state index is 12.4. The van der Waals surface area contributed by atoms with Gasteiger partial charge in [0.15, 0.2) is 5.58 Å². The summed E-state index contributed by atoms with van der Waals surface area (Å²) >= 11 is 0. The first-order chi connectivity index (χ1) is 11.9. The van der Waals surface area contributed by atoms with E-state index in [1.807, 2.05) is 6.07 Å². The molecule has 0 unspecified atom stereocenters. The summed E-state index contributed by atoms with van der Waals surface area (Å²) in [4.78, 5) is 13.8. The molecule has 0 aliphatic heterocycles. The molecule has 0 saturated heterocycles. The molecular formula is C21H30NO3+. The van der Waals surface area contributed by atoms with E-state index in [1.54, 1.807) is 6.07 Å². The molecule has 4 heteroatoms. The van der Waals surface area contributed by atoms with Crippen molar-refractivity contribution in [2.45, 2.75) is 53.5 Å². The number of fused-ring (bicyclic) bond motifs is 3. The molecule has 1 aromatic carbocycles. The minimum atomic E-state index is -0.221. The lowest BCUT2D eigenvalue weighted by Gasteiger charge is -2.24. The van der Waals surface area contributed by atoms with Crippen LogP contribution in [0, 0.1) is 11.8 Å². The molecular weight excluding hydrogens is 314 g/mol. The SMILES string of the molecule is CC(C)C[NH+](Cc1c(O)ccc2c3c(c(=O)oc12)CCC3)CC(C)C. The number of phenolic OH excluding ortho intramolecular Hbond substituents is 1. The lowest BCUT2D eigenvalue weighted by Crippen LogP contribution is -3.11. The molecule has 0 saturated carbocycles. The Kier molecular flexibility index (Phi) is 5.19. The summed E-state index contributed by atoms with van der Waals surface area (Å²) in [6.45, 7) is 11.6. The highest BCUT2D eigenvalue weighted by Crippen LogP contribution is 2.32. The largest absolute Gasteiger partial charge is 0.507 e. The van der Waals surface area contributed by atoms with Gasteiger partial charge >= 0.3 is 5.63 Å². The van der Waals surface area contributed by atoms with Crippen molar-refractivity contribution in [3.63, 3.8) is 0 Å². The molecule has 0 amide bonds. The highest BCUT2D eigenvalue weighted by molar-refractivity contribution is 5.86. The van der Waals surface area contributed by atoms with Gasteiger partial charge in [0, 0.05) is 22.8 Å². The molecule has 2 N–H and O–H groups in total. The highest BCUT2D eigenvalue weighted by Gasteiger charge is 2.24. The summed E-state index contributed by atoms with van der Waals surface area (Å²) in [7, 11) is 0. The number of aryl methyl sites for hydroxylation is 1. The lowest BCUT2D eigenvalue weighted by atomic mass is 10.0. The molecule has 2 aromatic rings. The molecule has 3 rings (SSSR count). The predicted octanol–water partition coefficient (Wildman–Crippen LogP) is 2.68. The standard InChI is InChI=1S/C21H29NO3/c1-13(2)10-22(11-14(3)4)12-18-19(23)9-8-16-15-6-5-7-17(15)21(24)25-20(16)18/h8-9,13-14,23H,5-7,10-12H2,1-4H3/p+1. The van der Waals surface area contributed by atoms with Gasteiger partial charge in [-0.3, -0.25) is 0 Å². The fourth-order valence-corrected chi connectivity index (χ4v) is 4.20. The third-order valence-electron chi connectivity index (χ3n) is 5.04. The van der Waals surface area contributed by atoms with Gasteiger partial charge in [-0.1, -0.05) is 27.7 Å². The van der Waals surface area contributed by atoms with Gasteiger partial charge in [0.05, 0.1) is 18.7 Å². The van der Waals surface area contributed by atoms with Crippen molar-refractivity contribution in [3.8, 4) is 5.75 Å². The second-order valence-corrected chi connectivity index (χ2v) is 8.26. The van der Waals surface area contributed by atoms with Gasteiger partial charge in [-0.25, -0.2) is 4.79 Å². The van der Waals surface area contributed by atoms with Crippen LogP contribution >= 0.6 is 0 Å². The number of phenols is 1. The van der Waals surface area contributed by atoms with Crippen LogP contribution in [0.4, 0.5) is 0 Å². The number of aromatic hydroxyl groups is 1. The summed E-state index contributed by atoms with van der Waals surface area (Å²) in [6, 6.07) is 3.67. The highest BCUT2D eigenvalue weighted by atomic mass is 16.4. The summed E-state index contributed by atoms with van der Waals surface area (Å²) < 4.78 is 5.70. The van der Waals surface area contributed by atoms with Crippen molar-refractivity contribution < 1.29 is 14.4 Å². The van der Waals surface area contributed by atoms with Crippen LogP contribution in [0.1, 0.15) is 50.8 Å². The van der Waals surface area contributed by atoms with Gasteiger partial charge < -0.3 is 14.4 Å². The smallest absolute Gasteiger partial charge is 0.339 e. The maximum atomic E-state index is 12.4. The minimum Gasteiger partial charge on any atom is -0.507 e. The van der Waals surface area contributed by atoms with Gasteiger partial charge in [0.25, 0.3) is 0 Å². The van der Waals surface area contributed by atoms with E-state index in [9.17, 15) is 9.90 Å². The fraction of sp³-hybridized carbons (Fsp3) is 0.571. The molecule has 1 aliphatic rings. The molecule has 136 valence electrons. The minimum absolute atomic E-state index is 0.221. The van der Waals surface area contributed by atoms with Gasteiger partial charge in [-0.2, -0.15) is 0 Å². The van der Waals surface area contributed by atoms with Gasteiger partial charge in [0.1, 0.15) is 12.3 Å². The Hall–Kier alpha value is -1.81. The third-order valence-corrected chi connectivity index (χ3v) is 5.04. The van der Waals surface area contributed by atoms with E-state index in [-0.39, 0.29) is 11.4 Å². The molecule has 0 radical (unpaired) electrons. The Labute approximate surface area is 149 Å². The molecule has 1 heterocycles. The van der Waals surface area contributed by atoms with E-state index < -0.39 is 0 Å². The Bertz CT molecular complexity index is 810. The first kappa shape index (κ1) is 18.0. The Morgan fingerprint density at radius 1 is 1.08 bits per heavy atom. The van der Waals surface area contributed by atoms with E-state index in [1.165, 1.54) is 4.90 Å². The summed E-state index contributed by atoms with van der Waals surface area (Å²) in [5.74, 6) is 1.38. The quantitative estimate of drug-likeness (QED) is 0.792. The van der Waals surface area contributed by atoms with Crippen LogP contribution in [-0.4, -0.2) is 18.2 Å². The van der Waals surface area contributed by atoms with E-state index in [2.05, 4.69) is 27.7 Å². The average molecular weight is 344 g/mol. The van der Waals surface area contributed by atoms with E-state index in [0.717, 1.165) is 54.4 Å². The Balaban J connectivity index is 2.07. The van der Waals surface area contributed by atoms with Crippen LogP contribution in [0.5, 0.6) is 5.75 Å². The summed E-state index contributed by atoms with van der Waals surface area (Å²) in [5.41, 5.74) is 3.11. The summed E-state index contributed by atoms with van der Waals surface area (Å²) in [6.07, 6.45) is 2.74. The molecule has 0 atom stereocenters. The first-order valence-electron chi connectivity index (χ1n) is 9.49. The second kappa shape index (κ2) is 7.20. The van der Waals surface area contributed by atoms with E-state index >= 15 is 0 Å². The van der Waals surface area contributed by atoms with Gasteiger partial charge in [-0.15, -0.1) is 0 Å². The maximum Gasteiger partial charge on any atom is 0.339 e. The normalized spacial score (nSPS) is 14.2. The average Bonchev–Trinajstić information content (AvgIpc) is 2.99. The molecule has 0 fully saturated rings.